The Morgan fingerprint density at radius 1 is 1.39 bits per heavy atom. The van der Waals surface area contributed by atoms with Crippen LogP contribution < -0.4 is 10.6 Å². The van der Waals surface area contributed by atoms with Gasteiger partial charge in [-0.3, -0.25) is 0 Å². The zero-order valence-corrected chi connectivity index (χ0v) is 10.5. The van der Waals surface area contributed by atoms with E-state index < -0.39 is 11.7 Å². The summed E-state index contributed by atoms with van der Waals surface area (Å²) in [7, 11) is 0. The van der Waals surface area contributed by atoms with Crippen LogP contribution in [0.25, 0.3) is 0 Å². The summed E-state index contributed by atoms with van der Waals surface area (Å²) in [6, 6.07) is 2.29. The van der Waals surface area contributed by atoms with Gasteiger partial charge in [-0.2, -0.15) is 13.2 Å². The normalized spacial score (nSPS) is 11.9. The molecule has 3 nitrogen and oxygen atoms in total. The lowest BCUT2D eigenvalue weighted by Crippen LogP contribution is -2.35. The van der Waals surface area contributed by atoms with Gasteiger partial charge in [0.15, 0.2) is 0 Å². The van der Waals surface area contributed by atoms with Crippen molar-refractivity contribution in [2.75, 3.05) is 18.0 Å². The molecule has 2 N–H and O–H groups in total. The lowest BCUT2D eigenvalue weighted by Gasteiger charge is -2.29. The van der Waals surface area contributed by atoms with Gasteiger partial charge < -0.3 is 10.6 Å². The van der Waals surface area contributed by atoms with E-state index in [1.165, 1.54) is 12.3 Å². The zero-order valence-electron chi connectivity index (χ0n) is 10.5. The number of hydrogen-bond acceptors (Lipinski definition) is 3. The average molecular weight is 261 g/mol. The number of aromatic nitrogens is 1. The third-order valence-corrected chi connectivity index (χ3v) is 2.59. The van der Waals surface area contributed by atoms with Crippen LogP contribution in [0.1, 0.15) is 25.8 Å². The van der Waals surface area contributed by atoms with Crippen LogP contribution in [0.2, 0.25) is 0 Å². The number of nitrogens with zero attached hydrogens (tertiary/aromatic N) is 2. The predicted molar refractivity (Wildman–Crippen MR) is 65.4 cm³/mol. The summed E-state index contributed by atoms with van der Waals surface area (Å²) >= 11 is 0. The van der Waals surface area contributed by atoms with Gasteiger partial charge in [-0.1, -0.05) is 0 Å². The van der Waals surface area contributed by atoms with Crippen molar-refractivity contribution < 1.29 is 13.2 Å². The van der Waals surface area contributed by atoms with Crippen LogP contribution in [0.3, 0.4) is 0 Å². The fourth-order valence-electron chi connectivity index (χ4n) is 1.72. The molecule has 102 valence electrons. The van der Waals surface area contributed by atoms with E-state index in [1.54, 1.807) is 4.90 Å². The lowest BCUT2D eigenvalue weighted by atomic mass is 10.2. The number of nitrogens with two attached hydrogens (primary N) is 1. The molecule has 0 aliphatic carbocycles. The highest BCUT2D eigenvalue weighted by Crippen LogP contribution is 2.35. The molecule has 0 bridgehead atoms. The summed E-state index contributed by atoms with van der Waals surface area (Å²) < 4.78 is 38.7. The highest BCUT2D eigenvalue weighted by atomic mass is 19.4. The van der Waals surface area contributed by atoms with Crippen LogP contribution in [0.4, 0.5) is 19.0 Å². The first-order valence-electron chi connectivity index (χ1n) is 5.87. The molecule has 6 heteroatoms. The van der Waals surface area contributed by atoms with Gasteiger partial charge in [0, 0.05) is 18.8 Å². The number of hydrogen-bond donors (Lipinski definition) is 1. The zero-order chi connectivity index (χ0) is 13.8. The molecule has 0 radical (unpaired) electrons. The molecule has 1 heterocycles. The fraction of sp³-hybridized carbons (Fsp3) is 0.583. The van der Waals surface area contributed by atoms with Crippen LogP contribution in [0, 0.1) is 0 Å². The third-order valence-electron chi connectivity index (χ3n) is 2.59. The molecule has 0 unspecified atom stereocenters. The van der Waals surface area contributed by atoms with Crippen molar-refractivity contribution in [2.24, 2.45) is 5.73 Å². The van der Waals surface area contributed by atoms with Crippen molar-refractivity contribution in [3.8, 4) is 0 Å². The Bertz CT molecular complexity index is 377. The van der Waals surface area contributed by atoms with Gasteiger partial charge in [-0.15, -0.1) is 0 Å². The van der Waals surface area contributed by atoms with E-state index in [1.807, 2.05) is 13.8 Å². The number of alkyl halides is 3. The molecule has 0 atom stereocenters. The van der Waals surface area contributed by atoms with Gasteiger partial charge in [0.25, 0.3) is 0 Å². The van der Waals surface area contributed by atoms with Crippen molar-refractivity contribution in [3.05, 3.63) is 23.9 Å². The molecule has 18 heavy (non-hydrogen) atoms. The van der Waals surface area contributed by atoms with E-state index in [0.717, 1.165) is 6.07 Å². The van der Waals surface area contributed by atoms with Gasteiger partial charge in [0.05, 0.1) is 5.56 Å². The van der Waals surface area contributed by atoms with Gasteiger partial charge in [0.1, 0.15) is 5.82 Å². The Morgan fingerprint density at radius 2 is 2.06 bits per heavy atom. The maximum Gasteiger partial charge on any atom is 0.419 e. The first-order chi connectivity index (χ1) is 8.38. The maximum atomic E-state index is 12.9. The van der Waals surface area contributed by atoms with Crippen molar-refractivity contribution in [1.82, 2.24) is 4.98 Å². The maximum absolute atomic E-state index is 12.9. The highest BCUT2D eigenvalue weighted by molar-refractivity contribution is 5.49. The largest absolute Gasteiger partial charge is 0.419 e. The molecule has 0 aromatic carbocycles. The van der Waals surface area contributed by atoms with Crippen LogP contribution in [0.15, 0.2) is 18.3 Å². The minimum absolute atomic E-state index is 0.0200. The SMILES string of the molecule is CC(C)N(CCCN)c1ncccc1C(F)(F)F. The highest BCUT2D eigenvalue weighted by Gasteiger charge is 2.35. The van der Waals surface area contributed by atoms with E-state index >= 15 is 0 Å². The fourth-order valence-corrected chi connectivity index (χ4v) is 1.72. The quantitative estimate of drug-likeness (QED) is 0.886. The van der Waals surface area contributed by atoms with Gasteiger partial charge in [0.2, 0.25) is 0 Å². The summed E-state index contributed by atoms with van der Waals surface area (Å²) in [6.45, 7) is 4.59. The molecule has 0 fully saturated rings. The van der Waals surface area contributed by atoms with E-state index in [2.05, 4.69) is 4.98 Å². The molecule has 0 saturated carbocycles. The molecule has 0 spiro atoms. The summed E-state index contributed by atoms with van der Waals surface area (Å²) in [4.78, 5) is 5.52. The third kappa shape index (κ3) is 3.60. The molecule has 1 aromatic heterocycles. The molecule has 0 saturated heterocycles. The second-order valence-electron chi connectivity index (χ2n) is 4.30. The predicted octanol–water partition coefficient (Wildman–Crippen LogP) is 2.66. The number of halogens is 3. The second kappa shape index (κ2) is 6.04. The van der Waals surface area contributed by atoms with Crippen molar-refractivity contribution in [2.45, 2.75) is 32.5 Å². The average Bonchev–Trinajstić information content (AvgIpc) is 2.28. The van der Waals surface area contributed by atoms with Gasteiger partial charge in [-0.25, -0.2) is 4.98 Å². The number of anilines is 1. The summed E-state index contributed by atoms with van der Waals surface area (Å²) in [5, 5.41) is 0. The first kappa shape index (κ1) is 14.8. The molecular formula is C12H18F3N3. The smallest absolute Gasteiger partial charge is 0.354 e. The Kier molecular flexibility index (Phi) is 4.95. The molecule has 0 aliphatic heterocycles. The van der Waals surface area contributed by atoms with Gasteiger partial charge in [-0.05, 0) is 38.9 Å². The minimum Gasteiger partial charge on any atom is -0.354 e. The molecule has 0 amide bonds. The van der Waals surface area contributed by atoms with Crippen LogP contribution in [-0.2, 0) is 6.18 Å². The molecular weight excluding hydrogens is 243 g/mol. The standard InChI is InChI=1S/C12H18F3N3/c1-9(2)18(8-4-6-16)11-10(12(13,14)15)5-3-7-17-11/h3,5,7,9H,4,6,8,16H2,1-2H3. The summed E-state index contributed by atoms with van der Waals surface area (Å²) in [5.41, 5.74) is 4.71. The second-order valence-corrected chi connectivity index (χ2v) is 4.30. The number of pyridine rings is 1. The molecule has 1 rings (SSSR count). The van der Waals surface area contributed by atoms with E-state index in [4.69, 9.17) is 5.73 Å². The molecule has 0 aliphatic rings. The Hall–Kier alpha value is -1.30. The van der Waals surface area contributed by atoms with Crippen LogP contribution in [0.5, 0.6) is 0 Å². The van der Waals surface area contributed by atoms with E-state index in [0.29, 0.717) is 19.5 Å². The Morgan fingerprint density at radius 3 is 2.56 bits per heavy atom. The van der Waals surface area contributed by atoms with Crippen LogP contribution >= 0.6 is 0 Å². The van der Waals surface area contributed by atoms with Crippen molar-refractivity contribution in [1.29, 1.82) is 0 Å². The summed E-state index contributed by atoms with van der Waals surface area (Å²) in [6.07, 6.45) is -2.38. The van der Waals surface area contributed by atoms with Crippen molar-refractivity contribution >= 4 is 5.82 Å². The topological polar surface area (TPSA) is 42.1 Å². The molecule has 1 aromatic rings. The minimum atomic E-state index is -4.39. The number of rotatable bonds is 5. The monoisotopic (exact) mass is 261 g/mol. The Balaban J connectivity index is 3.11. The van der Waals surface area contributed by atoms with E-state index in [9.17, 15) is 13.2 Å². The van der Waals surface area contributed by atoms with E-state index in [-0.39, 0.29) is 11.9 Å². The first-order valence-corrected chi connectivity index (χ1v) is 5.87. The Labute approximate surface area is 105 Å². The van der Waals surface area contributed by atoms with Gasteiger partial charge >= 0.3 is 6.18 Å². The van der Waals surface area contributed by atoms with Crippen LogP contribution in [-0.4, -0.2) is 24.1 Å². The van der Waals surface area contributed by atoms with Crippen molar-refractivity contribution in [3.63, 3.8) is 0 Å². The summed E-state index contributed by atoms with van der Waals surface area (Å²) in [5.74, 6) is -0.0200. The lowest BCUT2D eigenvalue weighted by molar-refractivity contribution is -0.137.